The van der Waals surface area contributed by atoms with Crippen LogP contribution in [0.1, 0.15) is 23.7 Å². The van der Waals surface area contributed by atoms with Gasteiger partial charge in [-0.05, 0) is 25.5 Å². The van der Waals surface area contributed by atoms with Crippen molar-refractivity contribution in [2.45, 2.75) is 18.2 Å². The first kappa shape index (κ1) is 13.1. The van der Waals surface area contributed by atoms with E-state index in [0.29, 0.717) is 5.56 Å². The quantitative estimate of drug-likeness (QED) is 0.588. The molecule has 0 spiro atoms. The zero-order valence-corrected chi connectivity index (χ0v) is 10.1. The van der Waals surface area contributed by atoms with Crippen LogP contribution < -0.4 is 0 Å². The Morgan fingerprint density at radius 1 is 1.44 bits per heavy atom. The molecule has 0 unspecified atom stereocenters. The molecule has 0 heterocycles. The van der Waals surface area contributed by atoms with E-state index in [1.54, 1.807) is 23.9 Å². The minimum atomic E-state index is -0.868. The lowest BCUT2D eigenvalue weighted by molar-refractivity contribution is 0.0693. The van der Waals surface area contributed by atoms with E-state index >= 15 is 0 Å². The van der Waals surface area contributed by atoms with Crippen LogP contribution in [0.2, 0.25) is 0 Å². The number of carboxylic acid groups (broad SMARTS) is 1. The van der Waals surface area contributed by atoms with Crippen molar-refractivity contribution in [3.05, 3.63) is 29.8 Å². The van der Waals surface area contributed by atoms with Crippen molar-refractivity contribution < 1.29 is 14.6 Å². The molecule has 0 aliphatic carbocycles. The first-order chi connectivity index (χ1) is 7.75. The summed E-state index contributed by atoms with van der Waals surface area (Å²) in [5.74, 6) is 0.0116. The van der Waals surface area contributed by atoms with E-state index in [9.17, 15) is 4.79 Å². The van der Waals surface area contributed by atoms with E-state index in [1.165, 1.54) is 0 Å². The molecule has 0 saturated carbocycles. The number of thioether (sulfide) groups is 1. The molecule has 0 saturated heterocycles. The molecule has 0 atom stereocenters. The van der Waals surface area contributed by atoms with Crippen LogP contribution in [0.25, 0.3) is 0 Å². The van der Waals surface area contributed by atoms with Crippen molar-refractivity contribution in [1.82, 2.24) is 0 Å². The van der Waals surface area contributed by atoms with Gasteiger partial charge in [0, 0.05) is 23.9 Å². The van der Waals surface area contributed by atoms with Gasteiger partial charge in [0.1, 0.15) is 0 Å². The second-order valence-corrected chi connectivity index (χ2v) is 4.34. The van der Waals surface area contributed by atoms with Gasteiger partial charge in [0.05, 0.1) is 5.56 Å². The molecule has 1 rings (SSSR count). The molecule has 1 aromatic rings. The average Bonchev–Trinajstić information content (AvgIpc) is 2.29. The minimum absolute atomic E-state index is 0.379. The maximum absolute atomic E-state index is 10.9. The summed E-state index contributed by atoms with van der Waals surface area (Å²) in [4.78, 5) is 11.7. The Balaban J connectivity index is 2.44. The SMILES string of the molecule is CCOCCCSc1ccccc1C(=O)O. The third kappa shape index (κ3) is 4.24. The number of aromatic carboxylic acids is 1. The molecular weight excluding hydrogens is 224 g/mol. The first-order valence-electron chi connectivity index (χ1n) is 5.28. The molecule has 4 heteroatoms. The summed E-state index contributed by atoms with van der Waals surface area (Å²) in [6.45, 7) is 3.43. The fraction of sp³-hybridized carbons (Fsp3) is 0.417. The highest BCUT2D eigenvalue weighted by Gasteiger charge is 2.08. The van der Waals surface area contributed by atoms with Crippen LogP contribution in [0, 0.1) is 0 Å². The summed E-state index contributed by atoms with van der Waals surface area (Å²) in [7, 11) is 0. The molecule has 3 nitrogen and oxygen atoms in total. The van der Waals surface area contributed by atoms with Crippen LogP contribution in [-0.4, -0.2) is 30.0 Å². The second kappa shape index (κ2) is 7.30. The molecular formula is C12H16O3S. The number of hydrogen-bond donors (Lipinski definition) is 1. The number of benzene rings is 1. The molecule has 0 radical (unpaired) electrons. The van der Waals surface area contributed by atoms with Crippen LogP contribution in [0.15, 0.2) is 29.2 Å². The summed E-state index contributed by atoms with van der Waals surface area (Å²) in [6.07, 6.45) is 0.937. The van der Waals surface area contributed by atoms with Crippen molar-refractivity contribution in [1.29, 1.82) is 0 Å². The van der Waals surface area contributed by atoms with E-state index in [-0.39, 0.29) is 0 Å². The van der Waals surface area contributed by atoms with Gasteiger partial charge in [-0.25, -0.2) is 4.79 Å². The lowest BCUT2D eigenvalue weighted by Gasteiger charge is -2.05. The van der Waals surface area contributed by atoms with Crippen LogP contribution in [0.4, 0.5) is 0 Å². The zero-order valence-electron chi connectivity index (χ0n) is 9.31. The van der Waals surface area contributed by atoms with Crippen LogP contribution in [0.3, 0.4) is 0 Å². The largest absolute Gasteiger partial charge is 0.478 e. The van der Waals surface area contributed by atoms with E-state index in [0.717, 1.165) is 30.3 Å². The number of carbonyl (C=O) groups is 1. The molecule has 0 aliphatic heterocycles. The van der Waals surface area contributed by atoms with E-state index < -0.39 is 5.97 Å². The number of ether oxygens (including phenoxy) is 1. The Labute approximate surface area is 99.8 Å². The lowest BCUT2D eigenvalue weighted by atomic mass is 10.2. The number of rotatable bonds is 7. The standard InChI is InChI=1S/C12H16O3S/c1-2-15-8-5-9-16-11-7-4-3-6-10(11)12(13)14/h3-4,6-7H,2,5,8-9H2,1H3,(H,13,14). The molecule has 0 aromatic heterocycles. The number of hydrogen-bond acceptors (Lipinski definition) is 3. The Morgan fingerprint density at radius 2 is 2.19 bits per heavy atom. The zero-order chi connectivity index (χ0) is 11.8. The molecule has 1 aromatic carbocycles. The van der Waals surface area contributed by atoms with Gasteiger partial charge in [0.15, 0.2) is 0 Å². The van der Waals surface area contributed by atoms with Crippen LogP contribution >= 0.6 is 11.8 Å². The molecule has 0 fully saturated rings. The molecule has 0 amide bonds. The van der Waals surface area contributed by atoms with E-state index in [1.807, 2.05) is 19.1 Å². The molecule has 88 valence electrons. The Hall–Kier alpha value is -1.00. The maximum atomic E-state index is 10.9. The summed E-state index contributed by atoms with van der Waals surface area (Å²) < 4.78 is 5.22. The topological polar surface area (TPSA) is 46.5 Å². The van der Waals surface area contributed by atoms with Gasteiger partial charge in [-0.3, -0.25) is 0 Å². The monoisotopic (exact) mass is 240 g/mol. The van der Waals surface area contributed by atoms with Gasteiger partial charge in [0.25, 0.3) is 0 Å². The predicted molar refractivity (Wildman–Crippen MR) is 65.2 cm³/mol. The van der Waals surface area contributed by atoms with Gasteiger partial charge < -0.3 is 9.84 Å². The highest BCUT2D eigenvalue weighted by atomic mass is 32.2. The van der Waals surface area contributed by atoms with Gasteiger partial charge in [-0.2, -0.15) is 0 Å². The van der Waals surface area contributed by atoms with Crippen molar-refractivity contribution >= 4 is 17.7 Å². The molecule has 16 heavy (non-hydrogen) atoms. The van der Waals surface area contributed by atoms with Crippen LogP contribution in [-0.2, 0) is 4.74 Å². The van der Waals surface area contributed by atoms with Gasteiger partial charge in [-0.15, -0.1) is 11.8 Å². The fourth-order valence-electron chi connectivity index (χ4n) is 1.26. The Bertz CT molecular complexity index is 339. The lowest BCUT2D eigenvalue weighted by Crippen LogP contribution is -1.99. The highest BCUT2D eigenvalue weighted by Crippen LogP contribution is 2.23. The third-order valence-corrected chi connectivity index (χ3v) is 3.17. The van der Waals surface area contributed by atoms with Crippen LogP contribution in [0.5, 0.6) is 0 Å². The van der Waals surface area contributed by atoms with Crippen molar-refractivity contribution in [3.8, 4) is 0 Å². The minimum Gasteiger partial charge on any atom is -0.478 e. The normalized spacial score (nSPS) is 10.3. The van der Waals surface area contributed by atoms with Crippen molar-refractivity contribution in [2.24, 2.45) is 0 Å². The van der Waals surface area contributed by atoms with Gasteiger partial charge >= 0.3 is 5.97 Å². The molecule has 0 bridgehead atoms. The summed E-state index contributed by atoms with van der Waals surface area (Å²) in [5.41, 5.74) is 0.379. The fourth-order valence-corrected chi connectivity index (χ4v) is 2.22. The number of carboxylic acids is 1. The van der Waals surface area contributed by atoms with E-state index in [4.69, 9.17) is 9.84 Å². The van der Waals surface area contributed by atoms with E-state index in [2.05, 4.69) is 0 Å². The summed E-state index contributed by atoms with van der Waals surface area (Å²) in [5, 5.41) is 8.97. The van der Waals surface area contributed by atoms with Crippen molar-refractivity contribution in [3.63, 3.8) is 0 Å². The third-order valence-electron chi connectivity index (χ3n) is 2.01. The highest BCUT2D eigenvalue weighted by molar-refractivity contribution is 7.99. The van der Waals surface area contributed by atoms with Crippen molar-refractivity contribution in [2.75, 3.05) is 19.0 Å². The maximum Gasteiger partial charge on any atom is 0.336 e. The Kier molecular flexibility index (Phi) is 5.96. The predicted octanol–water partition coefficient (Wildman–Crippen LogP) is 2.90. The first-order valence-corrected chi connectivity index (χ1v) is 6.27. The van der Waals surface area contributed by atoms with Gasteiger partial charge in [0.2, 0.25) is 0 Å². The average molecular weight is 240 g/mol. The molecule has 0 aliphatic rings. The second-order valence-electron chi connectivity index (χ2n) is 3.20. The summed E-state index contributed by atoms with van der Waals surface area (Å²) in [6, 6.07) is 7.08. The molecule has 1 N–H and O–H groups in total. The Morgan fingerprint density at radius 3 is 2.88 bits per heavy atom. The van der Waals surface area contributed by atoms with Gasteiger partial charge in [-0.1, -0.05) is 12.1 Å². The summed E-state index contributed by atoms with van der Waals surface area (Å²) >= 11 is 1.56. The smallest absolute Gasteiger partial charge is 0.336 e.